The highest BCUT2D eigenvalue weighted by Gasteiger charge is 2.14. The van der Waals surface area contributed by atoms with Gasteiger partial charge in [-0.2, -0.15) is 0 Å². The highest BCUT2D eigenvalue weighted by molar-refractivity contribution is 7.89. The van der Waals surface area contributed by atoms with Crippen LogP contribution in [0.3, 0.4) is 0 Å². The number of nitrogen functional groups attached to an aromatic ring is 1. The molecule has 0 aliphatic heterocycles. The van der Waals surface area contributed by atoms with Crippen molar-refractivity contribution < 1.29 is 16.8 Å². The third kappa shape index (κ3) is 5.42. The summed E-state index contributed by atoms with van der Waals surface area (Å²) in [6, 6.07) is 4.22. The summed E-state index contributed by atoms with van der Waals surface area (Å²) in [6.07, 6.45) is 1.03. The number of hydrogen-bond donors (Lipinski definition) is 4. The van der Waals surface area contributed by atoms with Gasteiger partial charge in [0.2, 0.25) is 20.0 Å². The van der Waals surface area contributed by atoms with E-state index >= 15 is 0 Å². The fraction of sp³-hybridized carbons (Fsp3) is 0.333. The van der Waals surface area contributed by atoms with E-state index in [4.69, 9.17) is 10.9 Å². The third-order valence-electron chi connectivity index (χ3n) is 2.12. The minimum absolute atomic E-state index is 0.118. The van der Waals surface area contributed by atoms with Crippen molar-refractivity contribution in [3.8, 4) is 0 Å². The second-order valence-electron chi connectivity index (χ2n) is 3.89. The molecule has 10 heteroatoms. The van der Waals surface area contributed by atoms with Gasteiger partial charge in [0.25, 0.3) is 0 Å². The number of primary sulfonamides is 1. The zero-order chi connectivity index (χ0) is 14.7. The number of nitrogens with two attached hydrogens (primary N) is 2. The Balaban J connectivity index is 2.79. The molecule has 0 unspecified atom stereocenters. The standard InChI is InChI=1S/C9H16N4O4S2/c1-18(14,15)13-5-4-12-8-3-2-7(10)6-9(8)19(11,16)17/h2-3,6,12-13H,4-5,10H2,1H3,(H2,11,16,17). The molecule has 1 aromatic carbocycles. The van der Waals surface area contributed by atoms with Gasteiger partial charge in [-0.15, -0.1) is 0 Å². The molecule has 0 aliphatic rings. The van der Waals surface area contributed by atoms with Gasteiger partial charge in [-0.3, -0.25) is 0 Å². The molecule has 0 aromatic heterocycles. The van der Waals surface area contributed by atoms with Gasteiger partial charge in [-0.25, -0.2) is 26.7 Å². The molecule has 0 spiro atoms. The van der Waals surface area contributed by atoms with Crippen molar-refractivity contribution in [2.24, 2.45) is 5.14 Å². The van der Waals surface area contributed by atoms with Crippen LogP contribution in [0.1, 0.15) is 0 Å². The van der Waals surface area contributed by atoms with E-state index in [-0.39, 0.29) is 29.4 Å². The molecule has 6 N–H and O–H groups in total. The van der Waals surface area contributed by atoms with Crippen LogP contribution in [0, 0.1) is 0 Å². The number of anilines is 2. The predicted octanol–water partition coefficient (Wildman–Crippen LogP) is -1.12. The minimum atomic E-state index is -3.90. The fourth-order valence-electron chi connectivity index (χ4n) is 1.35. The maximum Gasteiger partial charge on any atom is 0.240 e. The maximum atomic E-state index is 11.4. The van der Waals surface area contributed by atoms with Crippen LogP contribution in [0.25, 0.3) is 0 Å². The first-order chi connectivity index (χ1) is 8.59. The van der Waals surface area contributed by atoms with Gasteiger partial charge in [-0.05, 0) is 18.2 Å². The van der Waals surface area contributed by atoms with Crippen molar-refractivity contribution in [1.82, 2.24) is 4.72 Å². The Bertz CT molecular complexity index is 655. The lowest BCUT2D eigenvalue weighted by atomic mass is 10.3. The first kappa shape index (κ1) is 15.7. The maximum absolute atomic E-state index is 11.4. The molecule has 0 saturated carbocycles. The molecule has 0 heterocycles. The SMILES string of the molecule is CS(=O)(=O)NCCNc1ccc(N)cc1S(N)(=O)=O. The summed E-state index contributed by atoms with van der Waals surface area (Å²) in [5.74, 6) is 0. The molecule has 8 nitrogen and oxygen atoms in total. The number of nitrogens with one attached hydrogen (secondary N) is 2. The van der Waals surface area contributed by atoms with Crippen LogP contribution in [-0.2, 0) is 20.0 Å². The normalized spacial score (nSPS) is 12.3. The molecule has 0 radical (unpaired) electrons. The quantitative estimate of drug-likeness (QED) is 0.387. The Morgan fingerprint density at radius 2 is 1.79 bits per heavy atom. The van der Waals surface area contributed by atoms with Crippen LogP contribution in [0.4, 0.5) is 11.4 Å². The van der Waals surface area contributed by atoms with Crippen molar-refractivity contribution in [2.45, 2.75) is 4.90 Å². The van der Waals surface area contributed by atoms with E-state index in [1.807, 2.05) is 0 Å². The highest BCUT2D eigenvalue weighted by Crippen LogP contribution is 2.22. The fourth-order valence-corrected chi connectivity index (χ4v) is 2.57. The molecule has 0 fully saturated rings. The summed E-state index contributed by atoms with van der Waals surface area (Å²) >= 11 is 0. The van der Waals surface area contributed by atoms with E-state index in [9.17, 15) is 16.8 Å². The van der Waals surface area contributed by atoms with Gasteiger partial charge < -0.3 is 11.1 Å². The van der Waals surface area contributed by atoms with Crippen molar-refractivity contribution in [2.75, 3.05) is 30.4 Å². The van der Waals surface area contributed by atoms with Gasteiger partial charge in [-0.1, -0.05) is 0 Å². The first-order valence-electron chi connectivity index (χ1n) is 5.20. The Morgan fingerprint density at radius 3 is 2.32 bits per heavy atom. The van der Waals surface area contributed by atoms with Crippen LogP contribution >= 0.6 is 0 Å². The van der Waals surface area contributed by atoms with Gasteiger partial charge in [0, 0.05) is 18.8 Å². The van der Waals surface area contributed by atoms with Crippen LogP contribution in [0.15, 0.2) is 23.1 Å². The molecule has 19 heavy (non-hydrogen) atoms. The average molecular weight is 308 g/mol. The molecular weight excluding hydrogens is 292 g/mol. The largest absolute Gasteiger partial charge is 0.399 e. The second-order valence-corrected chi connectivity index (χ2v) is 7.26. The van der Waals surface area contributed by atoms with Gasteiger partial charge in [0.05, 0.1) is 11.9 Å². The smallest absolute Gasteiger partial charge is 0.240 e. The molecule has 0 saturated heterocycles. The zero-order valence-electron chi connectivity index (χ0n) is 10.3. The zero-order valence-corrected chi connectivity index (χ0v) is 11.9. The number of benzene rings is 1. The molecule has 0 bridgehead atoms. The number of sulfonamides is 2. The Kier molecular flexibility index (Phi) is 4.74. The van der Waals surface area contributed by atoms with Crippen molar-refractivity contribution in [3.63, 3.8) is 0 Å². The Hall–Kier alpha value is -1.36. The topological polar surface area (TPSA) is 144 Å². The predicted molar refractivity (Wildman–Crippen MR) is 73.6 cm³/mol. The molecule has 0 aliphatic carbocycles. The summed E-state index contributed by atoms with van der Waals surface area (Å²) in [5, 5.41) is 7.84. The Morgan fingerprint density at radius 1 is 1.16 bits per heavy atom. The molecule has 1 rings (SSSR count). The van der Waals surface area contributed by atoms with Gasteiger partial charge >= 0.3 is 0 Å². The molecular formula is C9H16N4O4S2. The van der Waals surface area contributed by atoms with Crippen LogP contribution in [-0.4, -0.2) is 36.2 Å². The molecule has 1 aromatic rings. The van der Waals surface area contributed by atoms with Crippen LogP contribution in [0.5, 0.6) is 0 Å². The van der Waals surface area contributed by atoms with E-state index in [0.717, 1.165) is 6.26 Å². The molecule has 0 amide bonds. The molecule has 0 atom stereocenters. The van der Waals surface area contributed by atoms with Crippen LogP contribution in [0.2, 0.25) is 0 Å². The van der Waals surface area contributed by atoms with E-state index in [1.165, 1.54) is 18.2 Å². The van der Waals surface area contributed by atoms with E-state index in [2.05, 4.69) is 10.0 Å². The van der Waals surface area contributed by atoms with Gasteiger partial charge in [0.1, 0.15) is 4.90 Å². The summed E-state index contributed by atoms with van der Waals surface area (Å²) < 4.78 is 46.7. The van der Waals surface area contributed by atoms with E-state index < -0.39 is 20.0 Å². The van der Waals surface area contributed by atoms with Crippen LogP contribution < -0.4 is 20.9 Å². The molecule has 108 valence electrons. The van der Waals surface area contributed by atoms with Crippen molar-refractivity contribution in [3.05, 3.63) is 18.2 Å². The minimum Gasteiger partial charge on any atom is -0.399 e. The first-order valence-corrected chi connectivity index (χ1v) is 8.64. The lowest BCUT2D eigenvalue weighted by Crippen LogP contribution is -2.28. The number of rotatable bonds is 6. The highest BCUT2D eigenvalue weighted by atomic mass is 32.2. The summed E-state index contributed by atoms with van der Waals surface area (Å²) in [6.45, 7) is 0.326. The van der Waals surface area contributed by atoms with Crippen molar-refractivity contribution in [1.29, 1.82) is 0 Å². The monoisotopic (exact) mass is 308 g/mol. The van der Waals surface area contributed by atoms with Crippen molar-refractivity contribution >= 4 is 31.4 Å². The van der Waals surface area contributed by atoms with Gasteiger partial charge in [0.15, 0.2) is 0 Å². The summed E-state index contributed by atoms with van der Waals surface area (Å²) in [7, 11) is -7.18. The lowest BCUT2D eigenvalue weighted by molar-refractivity contribution is 0.588. The lowest BCUT2D eigenvalue weighted by Gasteiger charge is -2.11. The number of hydrogen-bond acceptors (Lipinski definition) is 6. The third-order valence-corrected chi connectivity index (χ3v) is 3.80. The Labute approximate surface area is 112 Å². The summed E-state index contributed by atoms with van der Waals surface area (Å²) in [5.41, 5.74) is 6.03. The van der Waals surface area contributed by atoms with E-state index in [1.54, 1.807) is 0 Å². The summed E-state index contributed by atoms with van der Waals surface area (Å²) in [4.78, 5) is -0.133. The average Bonchev–Trinajstić information content (AvgIpc) is 2.23. The second kappa shape index (κ2) is 5.74. The van der Waals surface area contributed by atoms with E-state index in [0.29, 0.717) is 0 Å².